The molecule has 3 fully saturated rings. The average Bonchev–Trinajstić information content (AvgIpc) is 2.94. The molecule has 0 spiro atoms. The summed E-state index contributed by atoms with van der Waals surface area (Å²) >= 11 is 1.50. The van der Waals surface area contributed by atoms with Gasteiger partial charge in [-0.2, -0.15) is 4.47 Å². The molecule has 3 saturated heterocycles. The van der Waals surface area contributed by atoms with E-state index in [4.69, 9.17) is 4.84 Å². The number of carbonyl (C=O) groups is 1. The van der Waals surface area contributed by atoms with E-state index < -0.39 is 0 Å². The van der Waals surface area contributed by atoms with Crippen molar-refractivity contribution in [1.29, 1.82) is 0 Å². The third-order valence-electron chi connectivity index (χ3n) is 4.98. The number of hydrogen-bond donors (Lipinski definition) is 1. The maximum atomic E-state index is 12.5. The topological polar surface area (TPSA) is 44.8 Å². The first-order valence-electron chi connectivity index (χ1n) is 8.66. The standard InChI is InChI=1S/C18H23N3O2S/c22-18(19-16-12-14-6-9-20(13-16)10-7-14)15-2-4-17(5-3-15)24-21-8-1-11-23-21/h1-5,8,14,16H,6-7,9-13H2,(H,19,22). The molecule has 4 heterocycles. The van der Waals surface area contributed by atoms with Crippen molar-refractivity contribution in [2.75, 3.05) is 26.2 Å². The molecule has 4 aliphatic rings. The summed E-state index contributed by atoms with van der Waals surface area (Å²) < 4.78 is 1.73. The van der Waals surface area contributed by atoms with E-state index in [9.17, 15) is 4.79 Å². The van der Waals surface area contributed by atoms with Gasteiger partial charge in [0.15, 0.2) is 0 Å². The van der Waals surface area contributed by atoms with E-state index in [0.29, 0.717) is 6.61 Å². The summed E-state index contributed by atoms with van der Waals surface area (Å²) in [5.41, 5.74) is 0.726. The Bertz CT molecular complexity index is 597. The van der Waals surface area contributed by atoms with E-state index in [1.807, 2.05) is 36.5 Å². The van der Waals surface area contributed by atoms with E-state index in [1.165, 1.54) is 37.9 Å². The molecule has 128 valence electrons. The highest BCUT2D eigenvalue weighted by Crippen LogP contribution is 2.27. The van der Waals surface area contributed by atoms with E-state index in [2.05, 4.69) is 10.2 Å². The van der Waals surface area contributed by atoms with Gasteiger partial charge in [0.1, 0.15) is 0 Å². The Morgan fingerprint density at radius 3 is 2.71 bits per heavy atom. The molecule has 1 aromatic carbocycles. The minimum Gasteiger partial charge on any atom is -0.348 e. The van der Waals surface area contributed by atoms with Gasteiger partial charge in [0.25, 0.3) is 5.91 Å². The molecule has 5 nitrogen and oxygen atoms in total. The summed E-state index contributed by atoms with van der Waals surface area (Å²) in [5, 5.41) is 3.23. The molecule has 1 atom stereocenters. The lowest BCUT2D eigenvalue weighted by atomic mass is 9.94. The summed E-state index contributed by atoms with van der Waals surface area (Å²) in [5.74, 6) is 0.817. The van der Waals surface area contributed by atoms with E-state index in [-0.39, 0.29) is 11.9 Å². The van der Waals surface area contributed by atoms with Crippen molar-refractivity contribution >= 4 is 17.9 Å². The summed E-state index contributed by atoms with van der Waals surface area (Å²) in [6.45, 7) is 3.99. The Hall–Kier alpha value is -1.50. The SMILES string of the molecule is O=C(NC1CC2CCN(CC2)C1)c1ccc(SN2C=CCO2)cc1. The second-order valence-electron chi connectivity index (χ2n) is 6.73. The van der Waals surface area contributed by atoms with Gasteiger partial charge in [-0.25, -0.2) is 0 Å². The quantitative estimate of drug-likeness (QED) is 0.850. The average molecular weight is 345 g/mol. The first-order chi connectivity index (χ1) is 11.8. The van der Waals surface area contributed by atoms with Crippen molar-refractivity contribution in [3.05, 3.63) is 42.1 Å². The first-order valence-corrected chi connectivity index (χ1v) is 9.44. The fourth-order valence-electron chi connectivity index (χ4n) is 3.68. The Morgan fingerprint density at radius 2 is 2.00 bits per heavy atom. The molecule has 1 N–H and O–H groups in total. The van der Waals surface area contributed by atoms with Crippen LogP contribution in [0.4, 0.5) is 0 Å². The zero-order valence-electron chi connectivity index (χ0n) is 13.7. The fraction of sp³-hybridized carbons (Fsp3) is 0.500. The van der Waals surface area contributed by atoms with E-state index in [1.54, 1.807) is 4.47 Å². The highest BCUT2D eigenvalue weighted by Gasteiger charge is 2.29. The predicted octanol–water partition coefficient (Wildman–Crippen LogP) is 2.67. The number of piperidine rings is 1. The Balaban J connectivity index is 1.34. The van der Waals surface area contributed by atoms with Crippen LogP contribution in [-0.2, 0) is 4.84 Å². The minimum atomic E-state index is 0.0383. The summed E-state index contributed by atoms with van der Waals surface area (Å²) in [7, 11) is 0. The molecule has 0 aromatic heterocycles. The van der Waals surface area contributed by atoms with Crippen molar-refractivity contribution in [2.24, 2.45) is 5.92 Å². The van der Waals surface area contributed by atoms with Crippen LogP contribution in [0.5, 0.6) is 0 Å². The number of rotatable bonds is 4. The van der Waals surface area contributed by atoms with Gasteiger partial charge in [-0.15, -0.1) is 0 Å². The molecule has 0 aliphatic carbocycles. The molecule has 1 unspecified atom stereocenters. The normalized spacial score (nSPS) is 28.8. The Labute approximate surface area is 147 Å². The Kier molecular flexibility index (Phi) is 4.78. The van der Waals surface area contributed by atoms with Gasteiger partial charge in [0.05, 0.1) is 6.61 Å². The fourth-order valence-corrected chi connectivity index (χ4v) is 4.41. The smallest absolute Gasteiger partial charge is 0.251 e. The van der Waals surface area contributed by atoms with Crippen LogP contribution in [0.3, 0.4) is 0 Å². The summed E-state index contributed by atoms with van der Waals surface area (Å²) in [6.07, 6.45) is 7.55. The molecular formula is C18H23N3O2S. The molecule has 5 rings (SSSR count). The van der Waals surface area contributed by atoms with Crippen molar-refractivity contribution in [3.8, 4) is 0 Å². The largest absolute Gasteiger partial charge is 0.348 e. The lowest BCUT2D eigenvalue weighted by molar-refractivity contribution is -0.000393. The molecule has 1 aromatic rings. The van der Waals surface area contributed by atoms with Crippen molar-refractivity contribution in [3.63, 3.8) is 0 Å². The van der Waals surface area contributed by atoms with Gasteiger partial charge in [0, 0.05) is 41.2 Å². The van der Waals surface area contributed by atoms with Crippen molar-refractivity contribution < 1.29 is 9.63 Å². The molecule has 0 radical (unpaired) electrons. The van der Waals surface area contributed by atoms with E-state index in [0.717, 1.165) is 29.3 Å². The molecule has 24 heavy (non-hydrogen) atoms. The van der Waals surface area contributed by atoms with Gasteiger partial charge in [0.2, 0.25) is 0 Å². The second-order valence-corrected chi connectivity index (χ2v) is 7.75. The van der Waals surface area contributed by atoms with Crippen LogP contribution in [0.1, 0.15) is 29.6 Å². The van der Waals surface area contributed by atoms with Crippen LogP contribution in [0.15, 0.2) is 41.4 Å². The number of fused-ring (bicyclic) bond motifs is 4. The predicted molar refractivity (Wildman–Crippen MR) is 94.3 cm³/mol. The van der Waals surface area contributed by atoms with Crippen LogP contribution >= 0.6 is 11.9 Å². The van der Waals surface area contributed by atoms with Gasteiger partial charge in [-0.05, 0) is 68.6 Å². The number of benzene rings is 1. The van der Waals surface area contributed by atoms with Crippen LogP contribution in [0.2, 0.25) is 0 Å². The first kappa shape index (κ1) is 16.0. The minimum absolute atomic E-state index is 0.0383. The third-order valence-corrected chi connectivity index (χ3v) is 5.87. The summed E-state index contributed by atoms with van der Waals surface area (Å²) in [6, 6.07) is 8.00. The van der Waals surface area contributed by atoms with Crippen LogP contribution in [0, 0.1) is 5.92 Å². The zero-order chi connectivity index (χ0) is 16.4. The Morgan fingerprint density at radius 1 is 1.21 bits per heavy atom. The van der Waals surface area contributed by atoms with Crippen molar-refractivity contribution in [1.82, 2.24) is 14.7 Å². The lowest BCUT2D eigenvalue weighted by Crippen LogP contribution is -2.41. The molecule has 0 saturated carbocycles. The summed E-state index contributed by atoms with van der Waals surface area (Å²) in [4.78, 5) is 21.4. The zero-order valence-corrected chi connectivity index (χ0v) is 14.5. The van der Waals surface area contributed by atoms with E-state index >= 15 is 0 Å². The number of carbonyl (C=O) groups excluding carboxylic acids is 1. The van der Waals surface area contributed by atoms with Crippen LogP contribution in [0.25, 0.3) is 0 Å². The highest BCUT2D eigenvalue weighted by atomic mass is 32.2. The third kappa shape index (κ3) is 3.77. The number of amides is 1. The highest BCUT2D eigenvalue weighted by molar-refractivity contribution is 7.97. The number of nitrogens with zero attached hydrogens (tertiary/aromatic N) is 2. The lowest BCUT2D eigenvalue weighted by Gasteiger charge is -2.26. The number of hydroxylamine groups is 1. The van der Waals surface area contributed by atoms with Gasteiger partial charge >= 0.3 is 0 Å². The van der Waals surface area contributed by atoms with Crippen LogP contribution in [-0.4, -0.2) is 47.6 Å². The van der Waals surface area contributed by atoms with Gasteiger partial charge in [-0.1, -0.05) is 0 Å². The van der Waals surface area contributed by atoms with Gasteiger partial charge < -0.3 is 10.2 Å². The second kappa shape index (κ2) is 7.17. The number of hydrogen-bond acceptors (Lipinski definition) is 5. The van der Waals surface area contributed by atoms with Crippen LogP contribution < -0.4 is 5.32 Å². The molecule has 4 aliphatic heterocycles. The molecular weight excluding hydrogens is 322 g/mol. The van der Waals surface area contributed by atoms with Gasteiger partial charge in [-0.3, -0.25) is 9.63 Å². The molecule has 6 heteroatoms. The molecule has 2 bridgehead atoms. The maximum absolute atomic E-state index is 12.5. The number of nitrogens with one attached hydrogen (secondary N) is 1. The van der Waals surface area contributed by atoms with Crippen molar-refractivity contribution in [2.45, 2.75) is 30.2 Å². The molecule has 1 amide bonds. The maximum Gasteiger partial charge on any atom is 0.251 e. The monoisotopic (exact) mass is 345 g/mol.